The first-order chi connectivity index (χ1) is 6.77. The van der Waals surface area contributed by atoms with Gasteiger partial charge in [0.25, 0.3) is 0 Å². The molecule has 14 heavy (non-hydrogen) atoms. The highest BCUT2D eigenvalue weighted by molar-refractivity contribution is 7.87. The average Bonchev–Trinajstić information content (AvgIpc) is 2.15. The Morgan fingerprint density at radius 2 is 1.57 bits per heavy atom. The Balaban J connectivity index is 3.02. The standard InChI is InChI=1S/C12H24OS/c1-3-4-5-6-7-8-9-10-11-12-14(2)13/h11-12H,3-10H2,1-2H3. The Kier molecular flexibility index (Phi) is 10.9. The van der Waals surface area contributed by atoms with Crippen LogP contribution in [0.1, 0.15) is 58.3 Å². The third-order valence-electron chi connectivity index (χ3n) is 2.26. The van der Waals surface area contributed by atoms with Gasteiger partial charge in [0.1, 0.15) is 0 Å². The first kappa shape index (κ1) is 13.9. The fraction of sp³-hybridized carbons (Fsp3) is 0.833. The zero-order valence-corrected chi connectivity index (χ0v) is 10.4. The van der Waals surface area contributed by atoms with Crippen LogP contribution < -0.4 is 0 Å². The molecule has 1 nitrogen and oxygen atoms in total. The molecule has 1 unspecified atom stereocenters. The van der Waals surface area contributed by atoms with E-state index >= 15 is 0 Å². The van der Waals surface area contributed by atoms with Gasteiger partial charge in [-0.1, -0.05) is 51.5 Å². The van der Waals surface area contributed by atoms with Gasteiger partial charge in [-0.15, -0.1) is 0 Å². The Bertz CT molecular complexity index is 164. The van der Waals surface area contributed by atoms with E-state index in [1.165, 1.54) is 44.9 Å². The van der Waals surface area contributed by atoms with E-state index in [1.807, 2.05) is 6.08 Å². The van der Waals surface area contributed by atoms with E-state index in [2.05, 4.69) is 6.92 Å². The molecule has 0 rings (SSSR count). The van der Waals surface area contributed by atoms with Gasteiger partial charge in [0, 0.05) is 17.1 Å². The normalized spacial score (nSPS) is 13.6. The number of unbranched alkanes of at least 4 members (excludes halogenated alkanes) is 7. The van der Waals surface area contributed by atoms with Crippen molar-refractivity contribution in [1.29, 1.82) is 0 Å². The van der Waals surface area contributed by atoms with E-state index in [-0.39, 0.29) is 0 Å². The van der Waals surface area contributed by atoms with Gasteiger partial charge in [-0.05, 0) is 18.2 Å². The minimum absolute atomic E-state index is 0.758. The van der Waals surface area contributed by atoms with Crippen LogP contribution in [0.5, 0.6) is 0 Å². The first-order valence-electron chi connectivity index (χ1n) is 5.76. The van der Waals surface area contributed by atoms with Crippen LogP contribution in [0.25, 0.3) is 0 Å². The van der Waals surface area contributed by atoms with Crippen LogP contribution in [0.4, 0.5) is 0 Å². The summed E-state index contributed by atoms with van der Waals surface area (Å²) in [5.41, 5.74) is 0. The molecule has 0 N–H and O–H groups in total. The van der Waals surface area contributed by atoms with Crippen LogP contribution in [-0.2, 0) is 10.8 Å². The molecule has 0 bridgehead atoms. The third kappa shape index (κ3) is 11.9. The van der Waals surface area contributed by atoms with Crippen LogP contribution in [0.15, 0.2) is 11.5 Å². The summed E-state index contributed by atoms with van der Waals surface area (Å²) in [5, 5.41) is 1.79. The molecule has 0 aliphatic heterocycles. The van der Waals surface area contributed by atoms with Gasteiger partial charge in [-0.3, -0.25) is 4.21 Å². The van der Waals surface area contributed by atoms with Crippen molar-refractivity contribution < 1.29 is 4.21 Å². The van der Waals surface area contributed by atoms with Crippen molar-refractivity contribution >= 4 is 10.8 Å². The SMILES string of the molecule is CCCCCCCCCC=CS(C)=O. The highest BCUT2D eigenvalue weighted by Gasteiger charge is 1.89. The maximum atomic E-state index is 10.7. The maximum absolute atomic E-state index is 10.7. The summed E-state index contributed by atoms with van der Waals surface area (Å²) in [5.74, 6) is 0. The van der Waals surface area contributed by atoms with Crippen LogP contribution in [0.3, 0.4) is 0 Å². The third-order valence-corrected chi connectivity index (χ3v) is 2.84. The molecule has 0 aromatic heterocycles. The lowest BCUT2D eigenvalue weighted by atomic mass is 10.1. The minimum atomic E-state index is -0.758. The number of hydrogen-bond acceptors (Lipinski definition) is 1. The van der Waals surface area contributed by atoms with E-state index in [0.717, 1.165) is 6.42 Å². The number of rotatable bonds is 9. The van der Waals surface area contributed by atoms with E-state index in [1.54, 1.807) is 11.7 Å². The van der Waals surface area contributed by atoms with Gasteiger partial charge in [-0.25, -0.2) is 0 Å². The predicted molar refractivity (Wildman–Crippen MR) is 65.8 cm³/mol. The Morgan fingerprint density at radius 3 is 2.14 bits per heavy atom. The lowest BCUT2D eigenvalue weighted by molar-refractivity contribution is 0.592. The topological polar surface area (TPSA) is 17.1 Å². The molecule has 0 amide bonds. The molecule has 1 atom stereocenters. The molecule has 0 spiro atoms. The Morgan fingerprint density at radius 1 is 1.00 bits per heavy atom. The fourth-order valence-electron chi connectivity index (χ4n) is 1.42. The van der Waals surface area contributed by atoms with Crippen molar-refractivity contribution in [3.05, 3.63) is 11.5 Å². The molecule has 0 saturated carbocycles. The molecule has 0 aliphatic carbocycles. The van der Waals surface area contributed by atoms with Gasteiger partial charge >= 0.3 is 0 Å². The van der Waals surface area contributed by atoms with Crippen LogP contribution in [0, 0.1) is 0 Å². The maximum Gasteiger partial charge on any atom is 0.0421 e. The molecule has 0 aromatic rings. The van der Waals surface area contributed by atoms with E-state index in [9.17, 15) is 4.21 Å². The predicted octanol–water partition coefficient (Wildman–Crippen LogP) is 4.02. The van der Waals surface area contributed by atoms with Gasteiger partial charge < -0.3 is 0 Å². The minimum Gasteiger partial charge on any atom is -0.255 e. The van der Waals surface area contributed by atoms with Crippen molar-refractivity contribution in [2.45, 2.75) is 58.3 Å². The lowest BCUT2D eigenvalue weighted by Gasteiger charge is -1.98. The second-order valence-electron chi connectivity index (χ2n) is 3.78. The van der Waals surface area contributed by atoms with E-state index < -0.39 is 10.8 Å². The molecule has 0 aromatic carbocycles. The van der Waals surface area contributed by atoms with Crippen molar-refractivity contribution in [1.82, 2.24) is 0 Å². The summed E-state index contributed by atoms with van der Waals surface area (Å²) in [7, 11) is -0.758. The monoisotopic (exact) mass is 216 g/mol. The van der Waals surface area contributed by atoms with Gasteiger partial charge in [0.15, 0.2) is 0 Å². The van der Waals surface area contributed by atoms with Crippen molar-refractivity contribution in [2.24, 2.45) is 0 Å². The lowest BCUT2D eigenvalue weighted by Crippen LogP contribution is -1.79. The average molecular weight is 216 g/mol. The second-order valence-corrected chi connectivity index (χ2v) is 5.05. The van der Waals surface area contributed by atoms with Crippen molar-refractivity contribution in [3.8, 4) is 0 Å². The van der Waals surface area contributed by atoms with Crippen LogP contribution in [0.2, 0.25) is 0 Å². The summed E-state index contributed by atoms with van der Waals surface area (Å²) >= 11 is 0. The zero-order chi connectivity index (χ0) is 10.6. The summed E-state index contributed by atoms with van der Waals surface area (Å²) in [6, 6.07) is 0. The van der Waals surface area contributed by atoms with Gasteiger partial charge in [0.05, 0.1) is 0 Å². The van der Waals surface area contributed by atoms with E-state index in [4.69, 9.17) is 0 Å². The van der Waals surface area contributed by atoms with Crippen molar-refractivity contribution in [2.75, 3.05) is 6.26 Å². The second kappa shape index (κ2) is 11.0. The molecule has 0 heterocycles. The molecule has 0 aliphatic rings. The first-order valence-corrected chi connectivity index (χ1v) is 7.38. The molecule has 84 valence electrons. The summed E-state index contributed by atoms with van der Waals surface area (Å²) < 4.78 is 10.7. The summed E-state index contributed by atoms with van der Waals surface area (Å²) in [4.78, 5) is 0. The van der Waals surface area contributed by atoms with Gasteiger partial charge in [-0.2, -0.15) is 0 Å². The van der Waals surface area contributed by atoms with Gasteiger partial charge in [0.2, 0.25) is 0 Å². The highest BCUT2D eigenvalue weighted by atomic mass is 32.2. The number of allylic oxidation sites excluding steroid dienone is 1. The molecule has 0 radical (unpaired) electrons. The fourth-order valence-corrected chi connectivity index (χ4v) is 1.83. The molecular formula is C12H24OS. The smallest absolute Gasteiger partial charge is 0.0421 e. The highest BCUT2D eigenvalue weighted by Crippen LogP contribution is 2.08. The van der Waals surface area contributed by atoms with E-state index in [0.29, 0.717) is 0 Å². The molecule has 0 fully saturated rings. The zero-order valence-electron chi connectivity index (χ0n) is 9.63. The molecule has 0 saturated heterocycles. The quantitative estimate of drug-likeness (QED) is 0.532. The Hall–Kier alpha value is -0.110. The number of hydrogen-bond donors (Lipinski definition) is 0. The largest absolute Gasteiger partial charge is 0.255 e. The summed E-state index contributed by atoms with van der Waals surface area (Å²) in [6.07, 6.45) is 14.3. The van der Waals surface area contributed by atoms with Crippen LogP contribution >= 0.6 is 0 Å². The van der Waals surface area contributed by atoms with Crippen LogP contribution in [-0.4, -0.2) is 10.5 Å². The molecular weight excluding hydrogens is 192 g/mol. The summed E-state index contributed by atoms with van der Waals surface area (Å²) in [6.45, 7) is 2.25. The van der Waals surface area contributed by atoms with Crippen molar-refractivity contribution in [3.63, 3.8) is 0 Å². The Labute approximate surface area is 91.4 Å². The molecule has 2 heteroatoms.